The molecule has 10 heteroatoms. The molecule has 1 atom stereocenters. The van der Waals surface area contributed by atoms with Gasteiger partial charge in [-0.3, -0.25) is 14.6 Å². The zero-order chi connectivity index (χ0) is 15.5. The highest BCUT2D eigenvalue weighted by atomic mass is 32.2. The Kier molecular flexibility index (Phi) is 4.84. The van der Waals surface area contributed by atoms with Gasteiger partial charge in [-0.15, -0.1) is 0 Å². The number of aliphatic carboxylic acids is 1. The topological polar surface area (TPSA) is 140 Å². The molecular formula is C10H15N3O6S. The number of hydrogen-bond donors (Lipinski definition) is 3. The molecule has 1 aromatic rings. The van der Waals surface area contributed by atoms with Gasteiger partial charge in [0.1, 0.15) is 0 Å². The number of sulfonamides is 1. The molecule has 1 rings (SSSR count). The maximum absolute atomic E-state index is 12.2. The number of carboxylic acids is 1. The summed E-state index contributed by atoms with van der Waals surface area (Å²) in [6, 6.07) is 0. The van der Waals surface area contributed by atoms with Gasteiger partial charge >= 0.3 is 11.7 Å². The Morgan fingerprint density at radius 2 is 2.05 bits per heavy atom. The molecule has 0 aliphatic carbocycles. The Morgan fingerprint density at radius 3 is 2.50 bits per heavy atom. The van der Waals surface area contributed by atoms with Crippen LogP contribution in [0.1, 0.15) is 13.8 Å². The third kappa shape index (κ3) is 3.33. The van der Waals surface area contributed by atoms with E-state index >= 15 is 0 Å². The SMILES string of the molecule is CCN(CC(C)C(=O)O)S(=O)(=O)c1c[nH]c(=O)[nH]c1=O. The first-order chi connectivity index (χ1) is 9.20. The van der Waals surface area contributed by atoms with Crippen LogP contribution in [0.4, 0.5) is 0 Å². The van der Waals surface area contributed by atoms with Crippen molar-refractivity contribution >= 4 is 16.0 Å². The highest BCUT2D eigenvalue weighted by molar-refractivity contribution is 7.89. The normalized spacial score (nSPS) is 13.3. The number of carboxylic acid groups (broad SMARTS) is 1. The monoisotopic (exact) mass is 305 g/mol. The molecule has 9 nitrogen and oxygen atoms in total. The maximum atomic E-state index is 12.2. The van der Waals surface area contributed by atoms with Gasteiger partial charge in [0.05, 0.1) is 5.92 Å². The molecule has 0 amide bonds. The standard InChI is InChI=1S/C10H15N3O6S/c1-3-13(5-6(2)9(15)16)20(18,19)7-4-11-10(17)12-8(7)14/h4,6H,3,5H2,1-2H3,(H,15,16)(H2,11,12,14,17). The van der Waals surface area contributed by atoms with Crippen LogP contribution in [0.5, 0.6) is 0 Å². The summed E-state index contributed by atoms with van der Waals surface area (Å²) in [4.78, 5) is 36.4. The lowest BCUT2D eigenvalue weighted by Crippen LogP contribution is -2.40. The summed E-state index contributed by atoms with van der Waals surface area (Å²) in [7, 11) is -4.17. The number of rotatable bonds is 6. The van der Waals surface area contributed by atoms with Crippen molar-refractivity contribution < 1.29 is 18.3 Å². The van der Waals surface area contributed by atoms with Gasteiger partial charge < -0.3 is 10.1 Å². The quantitative estimate of drug-likeness (QED) is 0.602. The lowest BCUT2D eigenvalue weighted by molar-refractivity contribution is -0.141. The van der Waals surface area contributed by atoms with Crippen LogP contribution in [0.3, 0.4) is 0 Å². The first kappa shape index (κ1) is 16.1. The first-order valence-corrected chi connectivity index (χ1v) is 7.19. The van der Waals surface area contributed by atoms with Crippen LogP contribution in [0, 0.1) is 5.92 Å². The molecule has 0 aromatic carbocycles. The van der Waals surface area contributed by atoms with E-state index in [1.807, 2.05) is 4.98 Å². The van der Waals surface area contributed by atoms with Crippen LogP contribution >= 0.6 is 0 Å². The van der Waals surface area contributed by atoms with E-state index in [0.29, 0.717) is 0 Å². The average molecular weight is 305 g/mol. The van der Waals surface area contributed by atoms with Crippen LogP contribution < -0.4 is 11.2 Å². The Bertz CT molecular complexity index is 704. The minimum absolute atomic E-state index is 0.00147. The molecule has 0 radical (unpaired) electrons. The molecule has 0 aliphatic heterocycles. The molecule has 20 heavy (non-hydrogen) atoms. The van der Waals surface area contributed by atoms with Crippen LogP contribution in [0.2, 0.25) is 0 Å². The van der Waals surface area contributed by atoms with E-state index in [1.165, 1.54) is 13.8 Å². The van der Waals surface area contributed by atoms with Crippen molar-refractivity contribution in [3.63, 3.8) is 0 Å². The molecule has 0 spiro atoms. The van der Waals surface area contributed by atoms with E-state index in [-0.39, 0.29) is 13.1 Å². The van der Waals surface area contributed by atoms with Crippen LogP contribution in [-0.4, -0.2) is 46.9 Å². The summed E-state index contributed by atoms with van der Waals surface area (Å²) < 4.78 is 25.4. The Labute approximate surface area is 114 Å². The van der Waals surface area contributed by atoms with Crippen molar-refractivity contribution in [2.75, 3.05) is 13.1 Å². The Balaban J connectivity index is 3.22. The van der Waals surface area contributed by atoms with E-state index in [9.17, 15) is 22.8 Å². The lowest BCUT2D eigenvalue weighted by Gasteiger charge is -2.21. The van der Waals surface area contributed by atoms with Gasteiger partial charge in [-0.1, -0.05) is 13.8 Å². The third-order valence-electron chi connectivity index (χ3n) is 2.65. The second-order valence-electron chi connectivity index (χ2n) is 4.13. The van der Waals surface area contributed by atoms with Gasteiger partial charge in [0, 0.05) is 19.3 Å². The molecule has 1 aromatic heterocycles. The predicted octanol–water partition coefficient (Wildman–Crippen LogP) is -1.21. The van der Waals surface area contributed by atoms with Gasteiger partial charge in [0.15, 0.2) is 4.90 Å². The summed E-state index contributed by atoms with van der Waals surface area (Å²) in [5.41, 5.74) is -1.87. The third-order valence-corrected chi connectivity index (χ3v) is 4.60. The number of H-pyrrole nitrogens is 2. The molecule has 0 saturated heterocycles. The molecule has 0 aliphatic rings. The van der Waals surface area contributed by atoms with Gasteiger partial charge in [0.2, 0.25) is 10.0 Å². The summed E-state index contributed by atoms with van der Waals surface area (Å²) in [5.74, 6) is -2.07. The number of carbonyl (C=O) groups is 1. The minimum atomic E-state index is -4.17. The fraction of sp³-hybridized carbons (Fsp3) is 0.500. The van der Waals surface area contributed by atoms with E-state index in [1.54, 1.807) is 0 Å². The van der Waals surface area contributed by atoms with Gasteiger partial charge in [-0.25, -0.2) is 13.2 Å². The van der Waals surface area contributed by atoms with Gasteiger partial charge in [-0.2, -0.15) is 4.31 Å². The number of nitrogens with one attached hydrogen (secondary N) is 2. The van der Waals surface area contributed by atoms with Crippen LogP contribution in [-0.2, 0) is 14.8 Å². The van der Waals surface area contributed by atoms with Crippen molar-refractivity contribution in [1.29, 1.82) is 0 Å². The van der Waals surface area contributed by atoms with Crippen molar-refractivity contribution in [2.24, 2.45) is 5.92 Å². The molecule has 3 N–H and O–H groups in total. The molecule has 0 saturated carbocycles. The fourth-order valence-electron chi connectivity index (χ4n) is 1.51. The lowest BCUT2D eigenvalue weighted by atomic mass is 10.2. The second kappa shape index (κ2) is 6.01. The zero-order valence-corrected chi connectivity index (χ0v) is 11.7. The van der Waals surface area contributed by atoms with Crippen molar-refractivity contribution in [3.05, 3.63) is 27.0 Å². The highest BCUT2D eigenvalue weighted by Crippen LogP contribution is 2.12. The molecule has 0 fully saturated rings. The molecule has 1 unspecified atom stereocenters. The zero-order valence-electron chi connectivity index (χ0n) is 10.9. The minimum Gasteiger partial charge on any atom is -0.481 e. The molecule has 0 bridgehead atoms. The van der Waals surface area contributed by atoms with E-state index < -0.39 is 38.1 Å². The number of hydrogen-bond acceptors (Lipinski definition) is 5. The van der Waals surface area contributed by atoms with Gasteiger partial charge in [-0.05, 0) is 0 Å². The van der Waals surface area contributed by atoms with E-state index in [4.69, 9.17) is 5.11 Å². The van der Waals surface area contributed by atoms with Crippen LogP contribution in [0.15, 0.2) is 20.7 Å². The maximum Gasteiger partial charge on any atom is 0.325 e. The molecule has 1 heterocycles. The summed E-state index contributed by atoms with van der Waals surface area (Å²) >= 11 is 0. The molecular weight excluding hydrogens is 290 g/mol. The number of aromatic nitrogens is 2. The number of nitrogens with zero attached hydrogens (tertiary/aromatic N) is 1. The Hall–Kier alpha value is -1.94. The predicted molar refractivity (Wildman–Crippen MR) is 68.9 cm³/mol. The second-order valence-corrected chi connectivity index (χ2v) is 6.04. The largest absolute Gasteiger partial charge is 0.481 e. The van der Waals surface area contributed by atoms with Crippen molar-refractivity contribution in [2.45, 2.75) is 18.7 Å². The number of aromatic amines is 2. The van der Waals surface area contributed by atoms with Crippen molar-refractivity contribution in [3.8, 4) is 0 Å². The summed E-state index contributed by atoms with van der Waals surface area (Å²) in [5, 5.41) is 8.82. The van der Waals surface area contributed by atoms with E-state index in [2.05, 4.69) is 4.98 Å². The Morgan fingerprint density at radius 1 is 1.45 bits per heavy atom. The van der Waals surface area contributed by atoms with Crippen LogP contribution in [0.25, 0.3) is 0 Å². The first-order valence-electron chi connectivity index (χ1n) is 5.75. The smallest absolute Gasteiger partial charge is 0.325 e. The van der Waals surface area contributed by atoms with Gasteiger partial charge in [0.25, 0.3) is 5.56 Å². The summed E-state index contributed by atoms with van der Waals surface area (Å²) in [6.07, 6.45) is 0.796. The average Bonchev–Trinajstić information content (AvgIpc) is 2.34. The highest BCUT2D eigenvalue weighted by Gasteiger charge is 2.29. The van der Waals surface area contributed by atoms with E-state index in [0.717, 1.165) is 10.5 Å². The van der Waals surface area contributed by atoms with Crippen molar-refractivity contribution in [1.82, 2.24) is 14.3 Å². The molecule has 112 valence electrons. The summed E-state index contributed by atoms with van der Waals surface area (Å²) in [6.45, 7) is 2.61. The fourth-order valence-corrected chi connectivity index (χ4v) is 3.04.